The summed E-state index contributed by atoms with van der Waals surface area (Å²) in [6.07, 6.45) is 1.61. The van der Waals surface area contributed by atoms with Gasteiger partial charge in [-0.05, 0) is 26.7 Å². The second kappa shape index (κ2) is 4.44. The number of aliphatic carboxylic acids is 1. The van der Waals surface area contributed by atoms with Crippen LogP contribution in [-0.2, 0) is 16.1 Å². The highest BCUT2D eigenvalue weighted by molar-refractivity contribution is 6.02. The summed E-state index contributed by atoms with van der Waals surface area (Å²) < 4.78 is 4.98. The molecule has 1 aromatic heterocycles. The molecule has 0 radical (unpaired) electrons. The van der Waals surface area contributed by atoms with E-state index >= 15 is 0 Å². The lowest BCUT2D eigenvalue weighted by Gasteiger charge is -2.35. The summed E-state index contributed by atoms with van der Waals surface area (Å²) in [7, 11) is 0. The fourth-order valence-corrected chi connectivity index (χ4v) is 2.16. The van der Waals surface area contributed by atoms with Crippen LogP contribution in [0.1, 0.15) is 36.3 Å². The molecule has 1 heterocycles. The molecule has 1 aliphatic rings. The minimum atomic E-state index is -1.22. The third-order valence-electron chi connectivity index (χ3n) is 3.66. The van der Waals surface area contributed by atoms with Crippen LogP contribution < -0.4 is 5.32 Å². The molecule has 1 saturated carbocycles. The number of carbonyl (C=O) groups excluding carboxylic acids is 1. The molecule has 0 unspecified atom stereocenters. The first-order valence-corrected chi connectivity index (χ1v) is 5.91. The quantitative estimate of drug-likeness (QED) is 0.784. The normalized spacial score (nSPS) is 17.0. The van der Waals surface area contributed by atoms with Gasteiger partial charge in [0, 0.05) is 12.1 Å². The Balaban J connectivity index is 2.03. The number of amides is 1. The number of hydrogen-bond donors (Lipinski definition) is 2. The van der Waals surface area contributed by atoms with Crippen LogP contribution in [0.15, 0.2) is 4.52 Å². The molecule has 18 heavy (non-hydrogen) atoms. The zero-order chi connectivity index (χ0) is 13.3. The molecule has 2 N–H and O–H groups in total. The molecule has 0 saturated heterocycles. The average molecular weight is 252 g/mol. The highest BCUT2D eigenvalue weighted by atomic mass is 16.5. The van der Waals surface area contributed by atoms with Crippen LogP contribution in [0.2, 0.25) is 0 Å². The van der Waals surface area contributed by atoms with Gasteiger partial charge in [0.25, 0.3) is 0 Å². The summed E-state index contributed by atoms with van der Waals surface area (Å²) in [4.78, 5) is 23.1. The topological polar surface area (TPSA) is 92.4 Å². The van der Waals surface area contributed by atoms with Crippen LogP contribution in [0.3, 0.4) is 0 Å². The molecule has 0 aromatic carbocycles. The summed E-state index contributed by atoms with van der Waals surface area (Å²) in [6.45, 7) is 3.81. The summed E-state index contributed by atoms with van der Waals surface area (Å²) in [5.41, 5.74) is 0.299. The van der Waals surface area contributed by atoms with Gasteiger partial charge >= 0.3 is 5.97 Å². The molecule has 1 amide bonds. The number of aryl methyl sites for hydroxylation is 2. The van der Waals surface area contributed by atoms with Crippen molar-refractivity contribution in [3.63, 3.8) is 0 Å². The van der Waals surface area contributed by atoms with Crippen molar-refractivity contribution in [3.8, 4) is 0 Å². The summed E-state index contributed by atoms with van der Waals surface area (Å²) >= 11 is 0. The van der Waals surface area contributed by atoms with E-state index in [1.165, 1.54) is 0 Å². The Morgan fingerprint density at radius 2 is 2.11 bits per heavy atom. The lowest BCUT2D eigenvalue weighted by molar-refractivity contribution is -0.162. The Kier molecular flexibility index (Phi) is 3.11. The number of aromatic nitrogens is 1. The number of carbonyl (C=O) groups is 2. The van der Waals surface area contributed by atoms with E-state index in [9.17, 15) is 9.59 Å². The fourth-order valence-electron chi connectivity index (χ4n) is 2.16. The lowest BCUT2D eigenvalue weighted by Crippen LogP contribution is -2.50. The van der Waals surface area contributed by atoms with Gasteiger partial charge in [-0.1, -0.05) is 11.6 Å². The van der Waals surface area contributed by atoms with Gasteiger partial charge in [0.1, 0.15) is 11.2 Å². The highest BCUT2D eigenvalue weighted by Gasteiger charge is 2.51. The van der Waals surface area contributed by atoms with Gasteiger partial charge in [-0.3, -0.25) is 9.59 Å². The maximum atomic E-state index is 12.0. The molecule has 6 nitrogen and oxygen atoms in total. The Labute approximate surface area is 104 Å². The van der Waals surface area contributed by atoms with E-state index in [0.717, 1.165) is 12.0 Å². The molecule has 0 atom stereocenters. The van der Waals surface area contributed by atoms with Gasteiger partial charge < -0.3 is 14.9 Å². The van der Waals surface area contributed by atoms with Crippen molar-refractivity contribution in [3.05, 3.63) is 17.0 Å². The Hall–Kier alpha value is -1.85. The van der Waals surface area contributed by atoms with E-state index in [1.807, 2.05) is 0 Å². The van der Waals surface area contributed by atoms with Crippen LogP contribution in [0, 0.1) is 19.3 Å². The fraction of sp³-hybridized carbons (Fsp3) is 0.583. The second-order valence-electron chi connectivity index (χ2n) is 4.73. The molecular weight excluding hydrogens is 236 g/mol. The average Bonchev–Trinajstić information content (AvgIpc) is 2.54. The van der Waals surface area contributed by atoms with Crippen molar-refractivity contribution < 1.29 is 19.2 Å². The maximum absolute atomic E-state index is 12.0. The van der Waals surface area contributed by atoms with Crippen LogP contribution in [-0.4, -0.2) is 22.1 Å². The number of carboxylic acid groups (broad SMARTS) is 1. The van der Waals surface area contributed by atoms with Gasteiger partial charge in [-0.15, -0.1) is 0 Å². The molecule has 0 aliphatic heterocycles. The number of nitrogens with one attached hydrogen (secondary N) is 1. The first-order chi connectivity index (χ1) is 8.47. The van der Waals surface area contributed by atoms with Crippen LogP contribution in [0.5, 0.6) is 0 Å². The van der Waals surface area contributed by atoms with E-state index < -0.39 is 17.3 Å². The molecule has 2 rings (SSSR count). The molecule has 1 aromatic rings. The van der Waals surface area contributed by atoms with Gasteiger partial charge in [0.05, 0.1) is 5.69 Å². The first kappa shape index (κ1) is 12.6. The van der Waals surface area contributed by atoms with E-state index in [0.29, 0.717) is 24.3 Å². The number of rotatable bonds is 4. The largest absolute Gasteiger partial charge is 0.480 e. The second-order valence-corrected chi connectivity index (χ2v) is 4.73. The standard InChI is InChI=1S/C12H16N2O4/c1-7-9(8(2)18-14-7)6-13-10(15)12(11(16)17)4-3-5-12/h3-6H2,1-2H3,(H,13,15)(H,16,17). The SMILES string of the molecule is Cc1noc(C)c1CNC(=O)C1(C(=O)O)CCC1. The molecule has 1 fully saturated rings. The minimum Gasteiger partial charge on any atom is -0.480 e. The van der Waals surface area contributed by atoms with Gasteiger partial charge in [0.2, 0.25) is 5.91 Å². The summed E-state index contributed by atoms with van der Waals surface area (Å²) in [6, 6.07) is 0. The molecular formula is C12H16N2O4. The summed E-state index contributed by atoms with van der Waals surface area (Å²) in [5.74, 6) is -0.808. The van der Waals surface area contributed by atoms with Gasteiger partial charge in [-0.25, -0.2) is 0 Å². The van der Waals surface area contributed by atoms with Crippen molar-refractivity contribution in [1.29, 1.82) is 0 Å². The van der Waals surface area contributed by atoms with Crippen molar-refractivity contribution in [1.82, 2.24) is 10.5 Å². The zero-order valence-electron chi connectivity index (χ0n) is 10.4. The van der Waals surface area contributed by atoms with Gasteiger partial charge in [-0.2, -0.15) is 0 Å². The van der Waals surface area contributed by atoms with E-state index in [4.69, 9.17) is 9.63 Å². The van der Waals surface area contributed by atoms with Crippen molar-refractivity contribution in [2.45, 2.75) is 39.7 Å². The predicted molar refractivity (Wildman–Crippen MR) is 61.7 cm³/mol. The molecule has 1 aliphatic carbocycles. The molecule has 98 valence electrons. The van der Waals surface area contributed by atoms with Crippen LogP contribution in [0.25, 0.3) is 0 Å². The highest BCUT2D eigenvalue weighted by Crippen LogP contribution is 2.41. The summed E-state index contributed by atoms with van der Waals surface area (Å²) in [5, 5.41) is 15.6. The Bertz CT molecular complexity index is 469. The van der Waals surface area contributed by atoms with Crippen molar-refractivity contribution in [2.75, 3.05) is 0 Å². The minimum absolute atomic E-state index is 0.259. The number of hydrogen-bond acceptors (Lipinski definition) is 4. The zero-order valence-corrected chi connectivity index (χ0v) is 10.4. The van der Waals surface area contributed by atoms with E-state index in [1.54, 1.807) is 13.8 Å². The van der Waals surface area contributed by atoms with E-state index in [2.05, 4.69) is 10.5 Å². The lowest BCUT2D eigenvalue weighted by atomic mass is 9.68. The maximum Gasteiger partial charge on any atom is 0.319 e. The number of nitrogens with zero attached hydrogens (tertiary/aromatic N) is 1. The Morgan fingerprint density at radius 3 is 2.50 bits per heavy atom. The van der Waals surface area contributed by atoms with Crippen LogP contribution in [0.4, 0.5) is 0 Å². The van der Waals surface area contributed by atoms with Crippen molar-refractivity contribution >= 4 is 11.9 Å². The first-order valence-electron chi connectivity index (χ1n) is 5.91. The Morgan fingerprint density at radius 1 is 1.44 bits per heavy atom. The molecule has 6 heteroatoms. The third-order valence-corrected chi connectivity index (χ3v) is 3.66. The van der Waals surface area contributed by atoms with Gasteiger partial charge in [0.15, 0.2) is 0 Å². The third kappa shape index (κ3) is 1.87. The monoisotopic (exact) mass is 252 g/mol. The van der Waals surface area contributed by atoms with Crippen molar-refractivity contribution in [2.24, 2.45) is 5.41 Å². The van der Waals surface area contributed by atoms with E-state index in [-0.39, 0.29) is 6.54 Å². The van der Waals surface area contributed by atoms with Crippen LogP contribution >= 0.6 is 0 Å². The predicted octanol–water partition coefficient (Wildman–Crippen LogP) is 1.16. The molecule has 0 spiro atoms. The molecule has 0 bridgehead atoms. The number of carboxylic acids is 1. The smallest absolute Gasteiger partial charge is 0.319 e.